The molecule has 1 aromatic rings. The average Bonchev–Trinajstić information content (AvgIpc) is 3.32. The minimum atomic E-state index is -0.503. The van der Waals surface area contributed by atoms with Crippen molar-refractivity contribution in [2.24, 2.45) is 5.92 Å². The average molecular weight is 395 g/mol. The zero-order chi connectivity index (χ0) is 18.1. The second-order valence-corrected chi connectivity index (χ2v) is 10.3. The number of aromatic nitrogens is 1. The summed E-state index contributed by atoms with van der Waals surface area (Å²) >= 11 is 3.60. The third-order valence-corrected chi connectivity index (χ3v) is 8.40. The fourth-order valence-corrected chi connectivity index (χ4v) is 6.89. The van der Waals surface area contributed by atoms with Crippen LogP contribution in [-0.2, 0) is 14.3 Å². The van der Waals surface area contributed by atoms with E-state index in [9.17, 15) is 9.59 Å². The molecule has 1 amide bonds. The first kappa shape index (κ1) is 18.3. The van der Waals surface area contributed by atoms with Crippen molar-refractivity contribution in [3.05, 3.63) is 11.1 Å². The minimum absolute atomic E-state index is 0.0319. The van der Waals surface area contributed by atoms with Gasteiger partial charge < -0.3 is 10.1 Å². The van der Waals surface area contributed by atoms with E-state index in [0.29, 0.717) is 5.25 Å². The molecule has 2 saturated carbocycles. The topological polar surface area (TPSA) is 68.3 Å². The van der Waals surface area contributed by atoms with Gasteiger partial charge in [-0.2, -0.15) is 0 Å². The largest absolute Gasteiger partial charge is 0.458 e. The summed E-state index contributed by atoms with van der Waals surface area (Å²) in [6.07, 6.45) is 8.23. The first-order valence-electron chi connectivity index (χ1n) is 9.65. The van der Waals surface area contributed by atoms with Gasteiger partial charge in [-0.3, -0.25) is 9.59 Å². The number of rotatable bonds is 4. The lowest BCUT2D eigenvalue weighted by atomic mass is 9.84. The Morgan fingerprint density at radius 3 is 2.69 bits per heavy atom. The number of nitrogens with zero attached hydrogens (tertiary/aromatic N) is 1. The van der Waals surface area contributed by atoms with Gasteiger partial charge in [0.15, 0.2) is 0 Å². The van der Waals surface area contributed by atoms with Crippen molar-refractivity contribution in [3.63, 3.8) is 0 Å². The molecule has 26 heavy (non-hydrogen) atoms. The van der Waals surface area contributed by atoms with Crippen molar-refractivity contribution in [1.82, 2.24) is 10.3 Å². The molecule has 0 aromatic carbocycles. The van der Waals surface area contributed by atoms with Crippen molar-refractivity contribution >= 4 is 35.0 Å². The molecule has 1 N–H and O–H groups in total. The Hall–Kier alpha value is -1.08. The summed E-state index contributed by atoms with van der Waals surface area (Å²) in [6, 6.07) is 0.228. The molecule has 0 radical (unpaired) electrons. The van der Waals surface area contributed by atoms with E-state index in [0.717, 1.165) is 61.4 Å². The van der Waals surface area contributed by atoms with E-state index in [2.05, 4.69) is 15.7 Å². The van der Waals surface area contributed by atoms with Gasteiger partial charge >= 0.3 is 5.97 Å². The van der Waals surface area contributed by atoms with E-state index in [4.69, 9.17) is 4.74 Å². The molecule has 1 spiro atoms. The van der Waals surface area contributed by atoms with Gasteiger partial charge in [0.05, 0.1) is 12.3 Å². The second-order valence-electron chi connectivity index (χ2n) is 7.86. The van der Waals surface area contributed by atoms with Crippen molar-refractivity contribution < 1.29 is 14.3 Å². The van der Waals surface area contributed by atoms with Crippen LogP contribution in [0.3, 0.4) is 0 Å². The number of carbonyl (C=O) groups is 2. The van der Waals surface area contributed by atoms with Gasteiger partial charge in [0.2, 0.25) is 5.91 Å². The molecule has 142 valence electrons. The Labute approximate surface area is 162 Å². The third kappa shape index (κ3) is 3.79. The predicted octanol–water partition coefficient (Wildman–Crippen LogP) is 3.85. The third-order valence-electron chi connectivity index (χ3n) is 5.98. The molecule has 5 nitrogen and oxygen atoms in total. The molecule has 2 heterocycles. The molecule has 1 aliphatic heterocycles. The molecule has 3 aliphatic rings. The summed E-state index contributed by atoms with van der Waals surface area (Å²) < 4.78 is 6.76. The second kappa shape index (κ2) is 7.50. The first-order chi connectivity index (χ1) is 12.5. The molecule has 1 saturated heterocycles. The van der Waals surface area contributed by atoms with E-state index >= 15 is 0 Å². The maximum atomic E-state index is 12.8. The number of thiazole rings is 1. The van der Waals surface area contributed by atoms with Crippen LogP contribution in [0.1, 0.15) is 63.5 Å². The molecule has 4 rings (SSSR count). The number of aryl methyl sites for hydroxylation is 1. The summed E-state index contributed by atoms with van der Waals surface area (Å²) in [6.45, 7) is 2.03. The monoisotopic (exact) mass is 394 g/mol. The molecule has 0 bridgehead atoms. The Balaban J connectivity index is 1.28. The molecular weight excluding hydrogens is 368 g/mol. The Morgan fingerprint density at radius 1 is 1.31 bits per heavy atom. The molecule has 3 fully saturated rings. The van der Waals surface area contributed by atoms with Crippen LogP contribution in [-0.4, -0.2) is 33.8 Å². The van der Waals surface area contributed by atoms with Crippen LogP contribution in [0, 0.1) is 12.8 Å². The highest BCUT2D eigenvalue weighted by atomic mass is 32.2. The number of ether oxygens (including phenoxy) is 1. The van der Waals surface area contributed by atoms with Crippen molar-refractivity contribution in [2.75, 3.05) is 0 Å². The summed E-state index contributed by atoms with van der Waals surface area (Å²) in [7, 11) is 0. The Kier molecular flexibility index (Phi) is 5.28. The number of hydrogen-bond acceptors (Lipinski definition) is 6. The lowest BCUT2D eigenvalue weighted by Crippen LogP contribution is -2.47. The number of esters is 1. The number of hydrogen-bond donors (Lipinski definition) is 1. The molecular formula is C19H26N2O3S2. The summed E-state index contributed by atoms with van der Waals surface area (Å²) in [4.78, 5) is 29.2. The van der Waals surface area contributed by atoms with Crippen LogP contribution in [0.25, 0.3) is 0 Å². The van der Waals surface area contributed by atoms with Crippen LogP contribution in [0.15, 0.2) is 9.72 Å². The lowest BCUT2D eigenvalue weighted by molar-refractivity contribution is -0.150. The van der Waals surface area contributed by atoms with Crippen LogP contribution in [0.5, 0.6) is 0 Å². The van der Waals surface area contributed by atoms with Crippen molar-refractivity contribution in [3.8, 4) is 0 Å². The van der Waals surface area contributed by atoms with Gasteiger partial charge in [-0.25, -0.2) is 4.98 Å². The predicted molar refractivity (Wildman–Crippen MR) is 102 cm³/mol. The molecule has 7 heteroatoms. The van der Waals surface area contributed by atoms with E-state index < -0.39 is 5.60 Å². The molecule has 1 unspecified atom stereocenters. The van der Waals surface area contributed by atoms with Crippen LogP contribution in [0.4, 0.5) is 0 Å². The van der Waals surface area contributed by atoms with E-state index in [1.54, 1.807) is 11.3 Å². The van der Waals surface area contributed by atoms with Gasteiger partial charge in [0.1, 0.15) is 9.94 Å². The molecule has 1 atom stereocenters. The highest BCUT2D eigenvalue weighted by molar-refractivity contribution is 8.01. The number of thioether (sulfide) groups is 1. The van der Waals surface area contributed by atoms with Crippen molar-refractivity contribution in [1.29, 1.82) is 0 Å². The van der Waals surface area contributed by atoms with Gasteiger partial charge in [-0.05, 0) is 58.3 Å². The van der Waals surface area contributed by atoms with Gasteiger partial charge in [0, 0.05) is 22.4 Å². The van der Waals surface area contributed by atoms with Crippen LogP contribution >= 0.6 is 23.1 Å². The van der Waals surface area contributed by atoms with E-state index in [-0.39, 0.29) is 30.3 Å². The maximum absolute atomic E-state index is 12.8. The standard InChI is InChI=1S/C19H26N2O3S2/c1-12-11-25-18(20-12)26-14-6-4-13(5-7-14)21-17(23)15-10-16(22)24-19(15)8-2-3-9-19/h11,13-15H,2-10H2,1H3,(H,21,23). The zero-order valence-electron chi connectivity index (χ0n) is 15.2. The van der Waals surface area contributed by atoms with E-state index in [1.165, 1.54) is 0 Å². The van der Waals surface area contributed by atoms with Crippen LogP contribution in [0.2, 0.25) is 0 Å². The zero-order valence-corrected chi connectivity index (χ0v) is 16.8. The van der Waals surface area contributed by atoms with Gasteiger partial charge in [-0.15, -0.1) is 11.3 Å². The molecule has 1 aromatic heterocycles. The highest BCUT2D eigenvalue weighted by Crippen LogP contribution is 2.45. The SMILES string of the molecule is Cc1csc(SC2CCC(NC(=O)C3CC(=O)OC34CCCC4)CC2)n1. The number of nitrogens with one attached hydrogen (secondary N) is 1. The van der Waals surface area contributed by atoms with Gasteiger partial charge in [0.25, 0.3) is 0 Å². The fourth-order valence-electron chi connectivity index (χ4n) is 4.60. The first-order valence-corrected chi connectivity index (χ1v) is 11.4. The summed E-state index contributed by atoms with van der Waals surface area (Å²) in [5.74, 6) is -0.460. The highest BCUT2D eigenvalue weighted by Gasteiger charge is 2.54. The van der Waals surface area contributed by atoms with E-state index in [1.807, 2.05) is 18.7 Å². The molecule has 2 aliphatic carbocycles. The number of carbonyl (C=O) groups excluding carboxylic acids is 2. The quantitative estimate of drug-likeness (QED) is 0.786. The Bertz CT molecular complexity index is 676. The van der Waals surface area contributed by atoms with Crippen molar-refractivity contribution in [2.45, 2.75) is 85.9 Å². The summed E-state index contributed by atoms with van der Waals surface area (Å²) in [5.41, 5.74) is 0.587. The normalized spacial score (nSPS) is 30.5. The van der Waals surface area contributed by atoms with Crippen LogP contribution < -0.4 is 5.32 Å². The number of amides is 1. The summed E-state index contributed by atoms with van der Waals surface area (Å²) in [5, 5.41) is 5.91. The van der Waals surface area contributed by atoms with Gasteiger partial charge in [-0.1, -0.05) is 11.8 Å². The fraction of sp³-hybridized carbons (Fsp3) is 0.737. The Morgan fingerprint density at radius 2 is 2.04 bits per heavy atom. The lowest BCUT2D eigenvalue weighted by Gasteiger charge is -2.32. The minimum Gasteiger partial charge on any atom is -0.458 e. The maximum Gasteiger partial charge on any atom is 0.307 e. The smallest absolute Gasteiger partial charge is 0.307 e.